The number of allylic oxidation sites excluding steroid dienone is 8. The van der Waals surface area contributed by atoms with Crippen LogP contribution in [0.15, 0.2) is 77.4 Å². The first-order valence-corrected chi connectivity index (χ1v) is 11.1. The molecule has 0 N–H and O–H groups in total. The maximum Gasteiger partial charge on any atom is 0.217 e. The van der Waals surface area contributed by atoms with Crippen molar-refractivity contribution in [2.75, 3.05) is 0 Å². The van der Waals surface area contributed by atoms with E-state index in [4.69, 9.17) is 0 Å². The normalized spacial score (nSPS) is 15.4. The van der Waals surface area contributed by atoms with Crippen molar-refractivity contribution < 1.29 is 16.8 Å². The summed E-state index contributed by atoms with van der Waals surface area (Å²) in [6.45, 7) is 0. The molecule has 0 saturated heterocycles. The minimum atomic E-state index is -2.25. The summed E-state index contributed by atoms with van der Waals surface area (Å²) < 4.78 is 45.4. The van der Waals surface area contributed by atoms with Gasteiger partial charge in [-0.05, 0) is 36.0 Å². The van der Waals surface area contributed by atoms with Crippen molar-refractivity contribution in [3.8, 4) is 0 Å². The second kappa shape index (κ2) is 11.9. The Labute approximate surface area is 207 Å². The number of benzene rings is 1. The predicted molar refractivity (Wildman–Crippen MR) is 116 cm³/mol. The fourth-order valence-electron chi connectivity index (χ4n) is 2.76. The third kappa shape index (κ3) is 6.49. The van der Waals surface area contributed by atoms with E-state index < -0.39 is 28.5 Å². The Kier molecular flexibility index (Phi) is 11.0. The maximum absolute atomic E-state index is 11.4. The standard InChI is InChI=1S/C18H15O4PS2.2Na/c19-24(20)17-10-4-8-15(12-17)23(14-6-2-1-3-7-14)16-9-5-11-18(13-16)25(21)22;;/h1-11H,12-13H2;;. The van der Waals surface area contributed by atoms with Crippen molar-refractivity contribution in [3.05, 3.63) is 77.4 Å². The van der Waals surface area contributed by atoms with Gasteiger partial charge in [0.25, 0.3) is 0 Å². The second-order valence-electron chi connectivity index (χ2n) is 5.46. The smallest absolute Gasteiger partial charge is 0.184 e. The van der Waals surface area contributed by atoms with E-state index in [2.05, 4.69) is 0 Å². The average molecular weight is 436 g/mol. The first-order chi connectivity index (χ1) is 12.1. The first kappa shape index (κ1) is 25.0. The molecule has 4 nitrogen and oxygen atoms in total. The molecule has 2 aliphatic carbocycles. The predicted octanol–water partition coefficient (Wildman–Crippen LogP) is 1.82. The van der Waals surface area contributed by atoms with E-state index in [1.54, 1.807) is 24.3 Å². The molecule has 3 rings (SSSR count). The monoisotopic (exact) mass is 436 g/mol. The summed E-state index contributed by atoms with van der Waals surface area (Å²) in [5.74, 6) is 0. The van der Waals surface area contributed by atoms with Crippen LogP contribution >= 0.6 is 7.92 Å². The molecule has 9 heteroatoms. The van der Waals surface area contributed by atoms with E-state index in [0.717, 1.165) is 15.9 Å². The molecule has 1 aromatic carbocycles. The molecule has 0 atom stereocenters. The van der Waals surface area contributed by atoms with Crippen molar-refractivity contribution in [1.82, 2.24) is 0 Å². The Bertz CT molecular complexity index is 1010. The summed E-state index contributed by atoms with van der Waals surface area (Å²) in [5.41, 5.74) is 0. The van der Waals surface area contributed by atoms with Crippen molar-refractivity contribution >= 4 is 103 Å². The molecule has 27 heavy (non-hydrogen) atoms. The van der Waals surface area contributed by atoms with Gasteiger partial charge in [0.2, 0.25) is 20.6 Å². The van der Waals surface area contributed by atoms with Gasteiger partial charge in [-0.15, -0.1) is 0 Å². The molecule has 0 saturated carbocycles. The van der Waals surface area contributed by atoms with Crippen molar-refractivity contribution in [2.45, 2.75) is 12.8 Å². The van der Waals surface area contributed by atoms with Gasteiger partial charge in [-0.1, -0.05) is 54.6 Å². The molecule has 0 spiro atoms. The van der Waals surface area contributed by atoms with Crippen molar-refractivity contribution in [3.63, 3.8) is 0 Å². The topological polar surface area (TPSA) is 68.3 Å². The van der Waals surface area contributed by atoms with Gasteiger partial charge in [0.1, 0.15) is 0 Å². The zero-order chi connectivity index (χ0) is 17.8. The molecular weight excluding hydrogens is 421 g/mol. The summed E-state index contributed by atoms with van der Waals surface area (Å²) >= 11 is 0. The van der Waals surface area contributed by atoms with Crippen LogP contribution in [0.2, 0.25) is 0 Å². The van der Waals surface area contributed by atoms with Gasteiger partial charge in [-0.2, -0.15) is 16.8 Å². The Morgan fingerprint density at radius 2 is 1.15 bits per heavy atom. The van der Waals surface area contributed by atoms with Crippen LogP contribution < -0.4 is 5.30 Å². The molecule has 1 aromatic rings. The van der Waals surface area contributed by atoms with Gasteiger partial charge < -0.3 is 0 Å². The maximum atomic E-state index is 11.4. The van der Waals surface area contributed by atoms with Crippen LogP contribution in [0.3, 0.4) is 0 Å². The third-order valence-corrected chi connectivity index (χ3v) is 7.86. The number of hydrogen-bond donors (Lipinski definition) is 0. The largest absolute Gasteiger partial charge is 0.217 e. The summed E-state index contributed by atoms with van der Waals surface area (Å²) in [5, 5.41) is 3.08. The van der Waals surface area contributed by atoms with E-state index in [1.165, 1.54) is 0 Å². The van der Waals surface area contributed by atoms with Gasteiger partial charge in [-0.25, -0.2) is 0 Å². The quantitative estimate of drug-likeness (QED) is 0.412. The van der Waals surface area contributed by atoms with Crippen molar-refractivity contribution in [1.29, 1.82) is 0 Å². The minimum absolute atomic E-state index is 0. The van der Waals surface area contributed by atoms with Crippen molar-refractivity contribution in [2.24, 2.45) is 0 Å². The van der Waals surface area contributed by atoms with Crippen LogP contribution in [0.4, 0.5) is 0 Å². The van der Waals surface area contributed by atoms with Crippen LogP contribution in [0.5, 0.6) is 0 Å². The molecule has 0 unspecified atom stereocenters. The van der Waals surface area contributed by atoms with Gasteiger partial charge in [0.15, 0.2) is 0 Å². The number of hydrogen-bond acceptors (Lipinski definition) is 4. The Morgan fingerprint density at radius 1 is 0.704 bits per heavy atom. The van der Waals surface area contributed by atoms with Crippen LogP contribution in [0.25, 0.3) is 0 Å². The molecule has 2 aliphatic rings. The van der Waals surface area contributed by atoms with Crippen LogP contribution in [0, 0.1) is 0 Å². The van der Waals surface area contributed by atoms with Crippen LogP contribution in [-0.2, 0) is 20.6 Å². The van der Waals surface area contributed by atoms with E-state index >= 15 is 0 Å². The molecule has 0 amide bonds. The Morgan fingerprint density at radius 3 is 1.56 bits per heavy atom. The molecular formula is C18H15Na2O4PS2. The summed E-state index contributed by atoms with van der Waals surface area (Å²) in [6, 6.07) is 9.82. The second-order valence-corrected chi connectivity index (χ2v) is 9.78. The third-order valence-electron chi connectivity index (χ3n) is 3.87. The van der Waals surface area contributed by atoms with E-state index in [9.17, 15) is 16.8 Å². The van der Waals surface area contributed by atoms with Gasteiger partial charge in [0, 0.05) is 72.0 Å². The van der Waals surface area contributed by atoms with E-state index in [-0.39, 0.29) is 59.1 Å². The molecule has 2 radical (unpaired) electrons. The summed E-state index contributed by atoms with van der Waals surface area (Å²) in [6.07, 6.45) is 11.3. The molecule has 130 valence electrons. The van der Waals surface area contributed by atoms with Gasteiger partial charge in [0.05, 0.1) is 9.73 Å². The average Bonchev–Trinajstić information content (AvgIpc) is 2.63. The molecule has 0 heterocycles. The van der Waals surface area contributed by atoms with E-state index in [0.29, 0.717) is 22.6 Å². The fourth-order valence-corrected chi connectivity index (χ4v) is 6.52. The number of rotatable bonds is 3. The summed E-state index contributed by atoms with van der Waals surface area (Å²) in [4.78, 5) is 0.703. The van der Waals surface area contributed by atoms with Crippen LogP contribution in [0.1, 0.15) is 12.8 Å². The van der Waals surface area contributed by atoms with Gasteiger partial charge in [-0.3, -0.25) is 0 Å². The van der Waals surface area contributed by atoms with E-state index in [1.807, 2.05) is 42.5 Å². The molecule has 0 aliphatic heterocycles. The Balaban J connectivity index is 0.00000182. The fraction of sp³-hybridized carbons (Fsp3) is 0.111. The summed E-state index contributed by atoms with van der Waals surface area (Å²) in [7, 11) is -5.47. The van der Waals surface area contributed by atoms with Crippen LogP contribution in [-0.4, -0.2) is 85.7 Å². The zero-order valence-corrected chi connectivity index (χ0v) is 21.7. The zero-order valence-electron chi connectivity index (χ0n) is 15.2. The molecule has 0 bridgehead atoms. The molecule has 0 fully saturated rings. The SMILES string of the molecule is O=S(=O)=C1C=CC=C(P(C2=CC=CC(=S(=O)=O)C2)c2ccccc2)C1.[Na].[Na]. The first-order valence-electron chi connectivity index (χ1n) is 7.56. The van der Waals surface area contributed by atoms with Gasteiger partial charge >= 0.3 is 0 Å². The Hall–Kier alpha value is -0.01000. The minimum Gasteiger partial charge on any atom is -0.184 e. The molecule has 0 aromatic heterocycles.